The summed E-state index contributed by atoms with van der Waals surface area (Å²) < 4.78 is 5.17. The number of hydrogen-bond acceptors (Lipinski definition) is 5. The zero-order valence-electron chi connectivity index (χ0n) is 15.7. The van der Waals surface area contributed by atoms with Gasteiger partial charge in [-0.05, 0) is 31.4 Å². The van der Waals surface area contributed by atoms with Crippen molar-refractivity contribution < 1.29 is 19.1 Å². The van der Waals surface area contributed by atoms with Gasteiger partial charge in [0.25, 0.3) is 5.91 Å². The van der Waals surface area contributed by atoms with Crippen LogP contribution in [0.15, 0.2) is 12.3 Å². The first-order valence-corrected chi connectivity index (χ1v) is 8.44. The van der Waals surface area contributed by atoms with E-state index in [0.717, 1.165) is 0 Å². The standard InChI is InChI=1S/C19H26N2O4/c1-11-7-8-20-14(15(11)25-12(2)22)16(23)21-13-9-18(3,4)17(24)19(5,6)10-13/h7-8,13H,9-10H2,1-6H3,(H,21,23). The molecular formula is C19H26N2O4. The van der Waals surface area contributed by atoms with E-state index in [2.05, 4.69) is 10.3 Å². The molecule has 0 aromatic carbocycles. The largest absolute Gasteiger partial charge is 0.424 e. The number of pyridine rings is 1. The van der Waals surface area contributed by atoms with Gasteiger partial charge in [0.2, 0.25) is 0 Å². The first kappa shape index (κ1) is 19.1. The third-order valence-corrected chi connectivity index (χ3v) is 4.64. The van der Waals surface area contributed by atoms with E-state index >= 15 is 0 Å². The maximum absolute atomic E-state index is 12.7. The van der Waals surface area contributed by atoms with Crippen molar-refractivity contribution in [1.29, 1.82) is 0 Å². The van der Waals surface area contributed by atoms with E-state index in [1.54, 1.807) is 13.0 Å². The Labute approximate surface area is 148 Å². The predicted molar refractivity (Wildman–Crippen MR) is 93.3 cm³/mol. The van der Waals surface area contributed by atoms with Crippen molar-refractivity contribution in [1.82, 2.24) is 10.3 Å². The molecule has 1 aliphatic rings. The molecule has 0 saturated heterocycles. The molecule has 1 aromatic heterocycles. The van der Waals surface area contributed by atoms with Gasteiger partial charge >= 0.3 is 5.97 Å². The molecule has 1 heterocycles. The van der Waals surface area contributed by atoms with Crippen molar-refractivity contribution in [2.45, 2.75) is 60.4 Å². The van der Waals surface area contributed by atoms with Gasteiger partial charge in [0.15, 0.2) is 11.4 Å². The van der Waals surface area contributed by atoms with Crippen molar-refractivity contribution >= 4 is 17.7 Å². The summed E-state index contributed by atoms with van der Waals surface area (Å²) in [5.41, 5.74) is -0.255. The summed E-state index contributed by atoms with van der Waals surface area (Å²) in [5.74, 6) is -0.515. The number of ketones is 1. The number of aryl methyl sites for hydroxylation is 1. The molecule has 6 nitrogen and oxygen atoms in total. The third-order valence-electron chi connectivity index (χ3n) is 4.64. The Morgan fingerprint density at radius 1 is 1.20 bits per heavy atom. The minimum Gasteiger partial charge on any atom is -0.424 e. The molecule has 0 bridgehead atoms. The van der Waals surface area contributed by atoms with Crippen LogP contribution in [-0.4, -0.2) is 28.7 Å². The lowest BCUT2D eigenvalue weighted by atomic mass is 9.62. The van der Waals surface area contributed by atoms with Crippen LogP contribution >= 0.6 is 0 Å². The quantitative estimate of drug-likeness (QED) is 0.851. The topological polar surface area (TPSA) is 85.4 Å². The smallest absolute Gasteiger partial charge is 0.308 e. The zero-order chi connectivity index (χ0) is 19.0. The molecule has 1 saturated carbocycles. The Hall–Kier alpha value is -2.24. The predicted octanol–water partition coefficient (Wildman–Crippen LogP) is 2.83. The number of Topliss-reactive ketones (excluding diaryl/α,β-unsaturated/α-hetero) is 1. The van der Waals surface area contributed by atoms with E-state index in [9.17, 15) is 14.4 Å². The minimum atomic E-state index is -0.504. The Kier molecular flexibility index (Phi) is 5.02. The van der Waals surface area contributed by atoms with Crippen molar-refractivity contribution in [2.24, 2.45) is 10.8 Å². The SMILES string of the molecule is CC(=O)Oc1c(C)ccnc1C(=O)NC1CC(C)(C)C(=O)C(C)(C)C1. The van der Waals surface area contributed by atoms with Crippen LogP contribution in [-0.2, 0) is 9.59 Å². The number of carbonyl (C=O) groups excluding carboxylic acids is 3. The fourth-order valence-corrected chi connectivity index (χ4v) is 3.74. The number of hydrogen-bond donors (Lipinski definition) is 1. The van der Waals surface area contributed by atoms with Crippen LogP contribution in [0.3, 0.4) is 0 Å². The fourth-order valence-electron chi connectivity index (χ4n) is 3.74. The van der Waals surface area contributed by atoms with Crippen LogP contribution in [0.2, 0.25) is 0 Å². The molecular weight excluding hydrogens is 320 g/mol. The average Bonchev–Trinajstić information content (AvgIpc) is 2.45. The van der Waals surface area contributed by atoms with Crippen LogP contribution in [0.25, 0.3) is 0 Å². The molecule has 25 heavy (non-hydrogen) atoms. The summed E-state index contributed by atoms with van der Waals surface area (Å²) in [7, 11) is 0. The van der Waals surface area contributed by atoms with E-state index in [0.29, 0.717) is 18.4 Å². The molecule has 0 aliphatic heterocycles. The zero-order valence-corrected chi connectivity index (χ0v) is 15.7. The summed E-state index contributed by atoms with van der Waals surface area (Å²) in [6.07, 6.45) is 2.64. The first-order chi connectivity index (χ1) is 11.4. The molecule has 1 aromatic rings. The number of amides is 1. The van der Waals surface area contributed by atoms with Gasteiger partial charge in [0, 0.05) is 30.0 Å². The van der Waals surface area contributed by atoms with Crippen LogP contribution < -0.4 is 10.1 Å². The number of nitrogens with zero attached hydrogens (tertiary/aromatic N) is 1. The molecule has 2 rings (SSSR count). The maximum Gasteiger partial charge on any atom is 0.308 e. The third kappa shape index (κ3) is 4.06. The molecule has 0 atom stereocenters. The Morgan fingerprint density at radius 3 is 2.28 bits per heavy atom. The normalized spacial score (nSPS) is 19.4. The van der Waals surface area contributed by atoms with Crippen LogP contribution in [0.4, 0.5) is 0 Å². The lowest BCUT2D eigenvalue weighted by Gasteiger charge is -2.43. The highest BCUT2D eigenvalue weighted by atomic mass is 16.5. The monoisotopic (exact) mass is 346 g/mol. The number of rotatable bonds is 3. The van der Waals surface area contributed by atoms with Crippen molar-refractivity contribution in [2.75, 3.05) is 0 Å². The van der Waals surface area contributed by atoms with Crippen LogP contribution in [0.5, 0.6) is 5.75 Å². The molecule has 136 valence electrons. The van der Waals surface area contributed by atoms with Crippen LogP contribution in [0, 0.1) is 17.8 Å². The molecule has 1 fully saturated rings. The van der Waals surface area contributed by atoms with Crippen molar-refractivity contribution in [3.8, 4) is 5.75 Å². The van der Waals surface area contributed by atoms with Gasteiger partial charge < -0.3 is 10.1 Å². The average molecular weight is 346 g/mol. The second-order valence-corrected chi connectivity index (χ2v) is 8.07. The summed E-state index contributed by atoms with van der Waals surface area (Å²) in [5, 5.41) is 2.96. The molecule has 6 heteroatoms. The van der Waals surface area contributed by atoms with Gasteiger partial charge in [0.1, 0.15) is 5.78 Å². The first-order valence-electron chi connectivity index (χ1n) is 8.44. The van der Waals surface area contributed by atoms with Gasteiger partial charge in [-0.3, -0.25) is 14.4 Å². The lowest BCUT2D eigenvalue weighted by Crippen LogP contribution is -2.52. The number of nitrogens with one attached hydrogen (secondary N) is 1. The van der Waals surface area contributed by atoms with Gasteiger partial charge in [0.05, 0.1) is 0 Å². The van der Waals surface area contributed by atoms with Gasteiger partial charge in [-0.2, -0.15) is 0 Å². The maximum atomic E-state index is 12.7. The number of carbonyl (C=O) groups is 3. The van der Waals surface area contributed by atoms with Crippen molar-refractivity contribution in [3.05, 3.63) is 23.5 Å². The van der Waals surface area contributed by atoms with E-state index in [-0.39, 0.29) is 23.3 Å². The molecule has 0 unspecified atom stereocenters. The summed E-state index contributed by atoms with van der Waals surface area (Å²) in [6.45, 7) is 10.7. The molecule has 0 spiro atoms. The van der Waals surface area contributed by atoms with Gasteiger partial charge in [-0.15, -0.1) is 0 Å². The van der Waals surface area contributed by atoms with Crippen LogP contribution in [0.1, 0.15) is 63.5 Å². The Bertz CT molecular complexity index is 702. The number of esters is 1. The van der Waals surface area contributed by atoms with Gasteiger partial charge in [-0.25, -0.2) is 4.98 Å². The molecule has 1 N–H and O–H groups in total. The second-order valence-electron chi connectivity index (χ2n) is 8.07. The van der Waals surface area contributed by atoms with E-state index in [1.165, 1.54) is 13.1 Å². The summed E-state index contributed by atoms with van der Waals surface area (Å²) >= 11 is 0. The molecule has 1 aliphatic carbocycles. The highest BCUT2D eigenvalue weighted by Gasteiger charge is 2.46. The summed E-state index contributed by atoms with van der Waals surface area (Å²) in [6, 6.07) is 1.53. The van der Waals surface area contributed by atoms with Crippen molar-refractivity contribution in [3.63, 3.8) is 0 Å². The highest BCUT2D eigenvalue weighted by molar-refractivity contribution is 5.96. The lowest BCUT2D eigenvalue weighted by molar-refractivity contribution is -0.140. The van der Waals surface area contributed by atoms with Gasteiger partial charge in [-0.1, -0.05) is 27.7 Å². The highest BCUT2D eigenvalue weighted by Crippen LogP contribution is 2.42. The number of ether oxygens (including phenoxy) is 1. The Balaban J connectivity index is 2.25. The Morgan fingerprint density at radius 2 is 1.76 bits per heavy atom. The molecule has 1 amide bonds. The second kappa shape index (κ2) is 6.58. The van der Waals surface area contributed by atoms with E-state index in [4.69, 9.17) is 4.74 Å². The fraction of sp³-hybridized carbons (Fsp3) is 0.579. The summed E-state index contributed by atoms with van der Waals surface area (Å²) in [4.78, 5) is 40.6. The minimum absolute atomic E-state index is 0.0858. The van der Waals surface area contributed by atoms with E-state index < -0.39 is 22.7 Å². The molecule has 0 radical (unpaired) electrons. The van der Waals surface area contributed by atoms with E-state index in [1.807, 2.05) is 27.7 Å². The number of aromatic nitrogens is 1.